The maximum atomic E-state index is 12.0. The van der Waals surface area contributed by atoms with Crippen LogP contribution in [-0.4, -0.2) is 17.0 Å². The number of carbonyl (C=O) groups is 1. The highest BCUT2D eigenvalue weighted by Gasteiger charge is 2.07. The van der Waals surface area contributed by atoms with Crippen molar-refractivity contribution in [3.8, 4) is 0 Å². The second-order valence-electron chi connectivity index (χ2n) is 4.34. The molecule has 5 nitrogen and oxygen atoms in total. The lowest BCUT2D eigenvalue weighted by Gasteiger charge is -2.07. The smallest absolute Gasteiger partial charge is 0.251 e. The molecule has 4 N–H and O–H groups in total. The first-order valence-electron chi connectivity index (χ1n) is 6.21. The third-order valence-electron chi connectivity index (χ3n) is 2.95. The van der Waals surface area contributed by atoms with Gasteiger partial charge in [0.25, 0.3) is 5.91 Å². The number of hydrogen-bond acceptors (Lipinski definition) is 3. The van der Waals surface area contributed by atoms with Gasteiger partial charge in [-0.3, -0.25) is 4.79 Å². The lowest BCUT2D eigenvalue weighted by molar-refractivity contribution is 0.0951. The number of nitrogens with two attached hydrogens (primary N) is 1. The Morgan fingerprint density at radius 1 is 1.14 bits per heavy atom. The van der Waals surface area contributed by atoms with Gasteiger partial charge in [0.15, 0.2) is 5.84 Å². The van der Waals surface area contributed by atoms with Gasteiger partial charge in [0.2, 0.25) is 0 Å². The molecule has 0 aliphatic heterocycles. The molecule has 108 valence electrons. The molecule has 0 atom stereocenters. The maximum Gasteiger partial charge on any atom is 0.251 e. The van der Waals surface area contributed by atoms with Crippen LogP contribution < -0.4 is 11.1 Å². The minimum atomic E-state index is -0.221. The Kier molecular flexibility index (Phi) is 4.79. The third kappa shape index (κ3) is 3.73. The predicted octanol–water partition coefficient (Wildman–Crippen LogP) is 2.36. The molecule has 0 radical (unpaired) electrons. The van der Waals surface area contributed by atoms with Gasteiger partial charge in [-0.15, -0.1) is 0 Å². The van der Waals surface area contributed by atoms with Gasteiger partial charge >= 0.3 is 0 Å². The second kappa shape index (κ2) is 6.76. The number of nitrogens with zero attached hydrogens (tertiary/aromatic N) is 1. The summed E-state index contributed by atoms with van der Waals surface area (Å²) >= 11 is 6.02. The van der Waals surface area contributed by atoms with Gasteiger partial charge in [0.1, 0.15) is 0 Å². The first kappa shape index (κ1) is 14.9. The highest BCUT2D eigenvalue weighted by molar-refractivity contribution is 6.31. The number of halogens is 1. The summed E-state index contributed by atoms with van der Waals surface area (Å²) in [5.74, 6) is -0.223. The zero-order chi connectivity index (χ0) is 15.2. The van der Waals surface area contributed by atoms with Crippen LogP contribution in [0.1, 0.15) is 21.5 Å². The number of oxime groups is 1. The topological polar surface area (TPSA) is 87.7 Å². The molecule has 0 heterocycles. The zero-order valence-corrected chi connectivity index (χ0v) is 11.8. The van der Waals surface area contributed by atoms with Crippen molar-refractivity contribution in [1.82, 2.24) is 5.32 Å². The van der Waals surface area contributed by atoms with Crippen molar-refractivity contribution in [3.05, 3.63) is 70.2 Å². The molecule has 0 spiro atoms. The monoisotopic (exact) mass is 303 g/mol. The van der Waals surface area contributed by atoms with E-state index in [9.17, 15) is 4.79 Å². The van der Waals surface area contributed by atoms with Gasteiger partial charge in [-0.05, 0) is 23.8 Å². The van der Waals surface area contributed by atoms with Crippen LogP contribution in [0.15, 0.2) is 53.7 Å². The molecular weight excluding hydrogens is 290 g/mol. The van der Waals surface area contributed by atoms with Crippen molar-refractivity contribution < 1.29 is 10.0 Å². The fraction of sp³-hybridized carbons (Fsp3) is 0.0667. The van der Waals surface area contributed by atoms with E-state index in [1.807, 2.05) is 18.2 Å². The molecule has 0 fully saturated rings. The zero-order valence-electron chi connectivity index (χ0n) is 11.1. The van der Waals surface area contributed by atoms with Gasteiger partial charge in [-0.1, -0.05) is 47.1 Å². The van der Waals surface area contributed by atoms with Crippen molar-refractivity contribution in [3.63, 3.8) is 0 Å². The van der Waals surface area contributed by atoms with Crippen molar-refractivity contribution >= 4 is 23.3 Å². The lowest BCUT2D eigenvalue weighted by atomic mass is 10.1. The molecule has 2 aromatic carbocycles. The highest BCUT2D eigenvalue weighted by atomic mass is 35.5. The van der Waals surface area contributed by atoms with Crippen LogP contribution >= 0.6 is 11.6 Å². The Bertz CT molecular complexity index is 669. The minimum absolute atomic E-state index is 0.00183. The summed E-state index contributed by atoms with van der Waals surface area (Å²) in [6.45, 7) is 0.348. The molecule has 0 aromatic heterocycles. The number of nitrogens with one attached hydrogen (secondary N) is 1. The SMILES string of the molecule is N/C(=N\O)c1ccc(C(=O)NCc2ccccc2Cl)cc1. The first-order valence-corrected chi connectivity index (χ1v) is 6.59. The normalized spacial score (nSPS) is 11.2. The van der Waals surface area contributed by atoms with Crippen LogP contribution in [-0.2, 0) is 6.54 Å². The highest BCUT2D eigenvalue weighted by Crippen LogP contribution is 2.14. The van der Waals surface area contributed by atoms with E-state index in [1.165, 1.54) is 0 Å². The Morgan fingerprint density at radius 3 is 2.38 bits per heavy atom. The van der Waals surface area contributed by atoms with E-state index < -0.39 is 0 Å². The van der Waals surface area contributed by atoms with E-state index in [0.717, 1.165) is 5.56 Å². The van der Waals surface area contributed by atoms with Crippen LogP contribution in [0.2, 0.25) is 5.02 Å². The Morgan fingerprint density at radius 2 is 1.76 bits per heavy atom. The molecule has 21 heavy (non-hydrogen) atoms. The number of benzene rings is 2. The summed E-state index contributed by atoms with van der Waals surface area (Å²) < 4.78 is 0. The quantitative estimate of drug-likeness (QED) is 0.351. The maximum absolute atomic E-state index is 12.0. The molecule has 0 aliphatic carbocycles. The molecule has 0 saturated heterocycles. The van der Waals surface area contributed by atoms with E-state index in [1.54, 1.807) is 30.3 Å². The van der Waals surface area contributed by atoms with Crippen LogP contribution in [0.4, 0.5) is 0 Å². The summed E-state index contributed by atoms with van der Waals surface area (Å²) in [5, 5.41) is 14.9. The molecule has 2 rings (SSSR count). The van der Waals surface area contributed by atoms with Gasteiger partial charge in [0.05, 0.1) is 0 Å². The number of hydrogen-bond donors (Lipinski definition) is 3. The molecule has 0 bridgehead atoms. The Labute approximate surface area is 127 Å². The lowest BCUT2D eigenvalue weighted by Crippen LogP contribution is -2.23. The molecule has 2 aromatic rings. The summed E-state index contributed by atoms with van der Waals surface area (Å²) in [5.41, 5.74) is 7.33. The minimum Gasteiger partial charge on any atom is -0.409 e. The van der Waals surface area contributed by atoms with E-state index >= 15 is 0 Å². The molecule has 0 saturated carbocycles. The first-order chi connectivity index (χ1) is 10.1. The Hall–Kier alpha value is -2.53. The van der Waals surface area contributed by atoms with Crippen molar-refractivity contribution in [2.45, 2.75) is 6.54 Å². The van der Waals surface area contributed by atoms with Gasteiger partial charge < -0.3 is 16.3 Å². The van der Waals surface area contributed by atoms with Crippen LogP contribution in [0.5, 0.6) is 0 Å². The number of carbonyl (C=O) groups excluding carboxylic acids is 1. The Balaban J connectivity index is 2.02. The number of rotatable bonds is 4. The van der Waals surface area contributed by atoms with Gasteiger partial charge in [0, 0.05) is 22.7 Å². The summed E-state index contributed by atoms with van der Waals surface area (Å²) in [7, 11) is 0. The number of amidine groups is 1. The third-order valence-corrected chi connectivity index (χ3v) is 3.32. The van der Waals surface area contributed by atoms with Crippen LogP contribution in [0, 0.1) is 0 Å². The summed E-state index contributed by atoms with van der Waals surface area (Å²) in [4.78, 5) is 12.0. The van der Waals surface area contributed by atoms with Gasteiger partial charge in [-0.25, -0.2) is 0 Å². The summed E-state index contributed by atoms with van der Waals surface area (Å²) in [6, 6.07) is 13.8. The van der Waals surface area contributed by atoms with Crippen molar-refractivity contribution in [1.29, 1.82) is 0 Å². The molecule has 0 aliphatic rings. The summed E-state index contributed by atoms with van der Waals surface area (Å²) in [6.07, 6.45) is 0. The number of amides is 1. The van der Waals surface area contributed by atoms with E-state index in [-0.39, 0.29) is 11.7 Å². The standard InChI is InChI=1S/C15H14ClN3O2/c16-13-4-2-1-3-12(13)9-18-15(20)11-7-5-10(6-8-11)14(17)19-21/h1-8,21H,9H2,(H2,17,19)(H,18,20). The average molecular weight is 304 g/mol. The largest absolute Gasteiger partial charge is 0.409 e. The fourth-order valence-corrected chi connectivity index (χ4v) is 1.97. The molecule has 6 heteroatoms. The van der Waals surface area contributed by atoms with Crippen LogP contribution in [0.3, 0.4) is 0 Å². The van der Waals surface area contributed by atoms with E-state index in [4.69, 9.17) is 22.5 Å². The second-order valence-corrected chi connectivity index (χ2v) is 4.74. The van der Waals surface area contributed by atoms with E-state index in [2.05, 4.69) is 10.5 Å². The molecule has 1 amide bonds. The average Bonchev–Trinajstić information content (AvgIpc) is 2.53. The van der Waals surface area contributed by atoms with E-state index in [0.29, 0.717) is 22.7 Å². The van der Waals surface area contributed by atoms with Crippen LogP contribution in [0.25, 0.3) is 0 Å². The molecule has 0 unspecified atom stereocenters. The predicted molar refractivity (Wildman–Crippen MR) is 81.6 cm³/mol. The van der Waals surface area contributed by atoms with Gasteiger partial charge in [-0.2, -0.15) is 0 Å². The van der Waals surface area contributed by atoms with Crippen molar-refractivity contribution in [2.75, 3.05) is 0 Å². The van der Waals surface area contributed by atoms with Crippen molar-refractivity contribution in [2.24, 2.45) is 10.9 Å². The molecular formula is C15H14ClN3O2. The fourth-order valence-electron chi connectivity index (χ4n) is 1.77.